The fourth-order valence-electron chi connectivity index (χ4n) is 1.26. The third kappa shape index (κ3) is 1.03. The molecule has 0 aromatic carbocycles. The van der Waals surface area contributed by atoms with Gasteiger partial charge in [0.25, 0.3) is 0 Å². The number of nitrogens with one attached hydrogen (secondary N) is 3. The van der Waals surface area contributed by atoms with Crippen LogP contribution in [0.1, 0.15) is 0 Å². The fourth-order valence-corrected chi connectivity index (χ4v) is 1.26. The zero-order chi connectivity index (χ0) is 10.3. The number of tetrazole rings is 1. The summed E-state index contributed by atoms with van der Waals surface area (Å²) in [5, 5.41) is 24.9. The average molecular weight is 203 g/mol. The molecular weight excluding hydrogens is 198 g/mol. The van der Waals surface area contributed by atoms with E-state index < -0.39 is 0 Å². The van der Waals surface area contributed by atoms with E-state index in [2.05, 4.69) is 35.7 Å². The molecule has 3 rings (SSSR count). The topological polar surface area (TPSA) is 124 Å². The van der Waals surface area contributed by atoms with Gasteiger partial charge in [0.2, 0.25) is 5.78 Å². The molecule has 0 unspecified atom stereocenters. The number of hydrogen-bond donors (Lipinski definition) is 3. The minimum absolute atomic E-state index is 0.166. The lowest BCUT2D eigenvalue weighted by Gasteiger charge is -1.96. The van der Waals surface area contributed by atoms with E-state index in [0.717, 1.165) is 0 Å². The normalized spacial score (nSPS) is 10.9. The Morgan fingerprint density at radius 1 is 1.40 bits per heavy atom. The molecular formula is C6H5N9. The van der Waals surface area contributed by atoms with E-state index >= 15 is 0 Å². The lowest BCUT2D eigenvalue weighted by molar-refractivity contribution is 0.855. The summed E-state index contributed by atoms with van der Waals surface area (Å²) in [4.78, 5) is 6.86. The van der Waals surface area contributed by atoms with Crippen LogP contribution in [0.2, 0.25) is 0 Å². The first-order valence-corrected chi connectivity index (χ1v) is 4.06. The van der Waals surface area contributed by atoms with Gasteiger partial charge in [-0.25, -0.2) is 10.1 Å². The van der Waals surface area contributed by atoms with Crippen molar-refractivity contribution in [3.8, 4) is 11.4 Å². The van der Waals surface area contributed by atoms with Gasteiger partial charge in [0, 0.05) is 6.20 Å². The summed E-state index contributed by atoms with van der Waals surface area (Å²) in [5.74, 6) is 0.890. The number of aromatic nitrogens is 8. The van der Waals surface area contributed by atoms with Gasteiger partial charge in [-0.05, 0) is 10.4 Å². The summed E-state index contributed by atoms with van der Waals surface area (Å²) < 4.78 is 1.36. The first kappa shape index (κ1) is 7.79. The van der Waals surface area contributed by atoms with Gasteiger partial charge in [0.1, 0.15) is 6.33 Å². The summed E-state index contributed by atoms with van der Waals surface area (Å²) in [6, 6.07) is 0. The van der Waals surface area contributed by atoms with Crippen LogP contribution in [0.5, 0.6) is 0 Å². The molecule has 74 valence electrons. The SMILES string of the molecule is N=c1c(-c2nnn[nH]2)cnc2[nH]cnn12. The zero-order valence-electron chi connectivity index (χ0n) is 7.34. The third-order valence-electron chi connectivity index (χ3n) is 1.95. The smallest absolute Gasteiger partial charge is 0.231 e. The van der Waals surface area contributed by atoms with Crippen molar-refractivity contribution in [1.29, 1.82) is 5.41 Å². The van der Waals surface area contributed by atoms with Gasteiger partial charge in [-0.2, -0.15) is 9.61 Å². The second-order valence-electron chi connectivity index (χ2n) is 2.79. The maximum atomic E-state index is 7.86. The van der Waals surface area contributed by atoms with Crippen molar-refractivity contribution < 1.29 is 0 Å². The van der Waals surface area contributed by atoms with Crippen LogP contribution in [-0.4, -0.2) is 40.2 Å². The van der Waals surface area contributed by atoms with E-state index in [-0.39, 0.29) is 5.49 Å². The molecule has 0 spiro atoms. The van der Waals surface area contributed by atoms with Crippen LogP contribution in [-0.2, 0) is 0 Å². The summed E-state index contributed by atoms with van der Waals surface area (Å²) in [7, 11) is 0. The lowest BCUT2D eigenvalue weighted by atomic mass is 10.3. The Bertz CT molecular complexity index is 645. The molecule has 0 aliphatic heterocycles. The molecule has 3 heterocycles. The van der Waals surface area contributed by atoms with Crippen molar-refractivity contribution in [1.82, 2.24) is 40.2 Å². The van der Waals surface area contributed by atoms with E-state index in [9.17, 15) is 0 Å². The largest absolute Gasteiger partial charge is 0.313 e. The lowest BCUT2D eigenvalue weighted by Crippen LogP contribution is -2.17. The molecule has 0 aliphatic rings. The number of fused-ring (bicyclic) bond motifs is 1. The van der Waals surface area contributed by atoms with Gasteiger partial charge in [-0.15, -0.1) is 5.10 Å². The number of H-pyrrole nitrogens is 2. The second kappa shape index (κ2) is 2.70. The Hall–Kier alpha value is -2.58. The summed E-state index contributed by atoms with van der Waals surface area (Å²) in [5.41, 5.74) is 0.657. The van der Waals surface area contributed by atoms with E-state index in [1.165, 1.54) is 17.0 Å². The van der Waals surface area contributed by atoms with Crippen LogP contribution in [0.3, 0.4) is 0 Å². The zero-order valence-corrected chi connectivity index (χ0v) is 7.34. The van der Waals surface area contributed by atoms with Gasteiger partial charge in [-0.3, -0.25) is 5.41 Å². The molecule has 3 N–H and O–H groups in total. The van der Waals surface area contributed by atoms with E-state index in [4.69, 9.17) is 5.41 Å². The highest BCUT2D eigenvalue weighted by atomic mass is 15.5. The predicted octanol–water partition coefficient (Wildman–Crippen LogP) is -1.28. The first-order valence-electron chi connectivity index (χ1n) is 4.06. The van der Waals surface area contributed by atoms with Crippen LogP contribution in [0, 0.1) is 5.41 Å². The number of nitrogens with zero attached hydrogens (tertiary/aromatic N) is 6. The second-order valence-corrected chi connectivity index (χ2v) is 2.79. The minimum atomic E-state index is 0.166. The Kier molecular flexibility index (Phi) is 1.40. The van der Waals surface area contributed by atoms with Crippen LogP contribution < -0.4 is 5.49 Å². The van der Waals surface area contributed by atoms with Gasteiger partial charge >= 0.3 is 0 Å². The van der Waals surface area contributed by atoms with Crippen molar-refractivity contribution in [3.63, 3.8) is 0 Å². The highest BCUT2D eigenvalue weighted by Gasteiger charge is 2.08. The van der Waals surface area contributed by atoms with Crippen molar-refractivity contribution in [2.45, 2.75) is 0 Å². The van der Waals surface area contributed by atoms with Crippen LogP contribution in [0.15, 0.2) is 12.5 Å². The fraction of sp³-hybridized carbons (Fsp3) is 0. The quantitative estimate of drug-likeness (QED) is 0.454. The summed E-state index contributed by atoms with van der Waals surface area (Å²) >= 11 is 0. The third-order valence-corrected chi connectivity index (χ3v) is 1.95. The van der Waals surface area contributed by atoms with Crippen LogP contribution >= 0.6 is 0 Å². The minimum Gasteiger partial charge on any atom is -0.313 e. The molecule has 0 saturated heterocycles. The Morgan fingerprint density at radius 2 is 2.33 bits per heavy atom. The Balaban J connectivity index is 2.38. The molecule has 9 nitrogen and oxygen atoms in total. The highest BCUT2D eigenvalue weighted by Crippen LogP contribution is 2.04. The van der Waals surface area contributed by atoms with Crippen molar-refractivity contribution in [3.05, 3.63) is 18.0 Å². The van der Waals surface area contributed by atoms with Crippen molar-refractivity contribution >= 4 is 5.78 Å². The molecule has 0 radical (unpaired) electrons. The Morgan fingerprint density at radius 3 is 3.13 bits per heavy atom. The van der Waals surface area contributed by atoms with Gasteiger partial charge < -0.3 is 4.98 Å². The monoisotopic (exact) mass is 203 g/mol. The number of hydrogen-bond acceptors (Lipinski definition) is 6. The Labute approximate surface area is 81.7 Å². The standard InChI is InChI=1S/C6H5N9/c7-4-3(5-11-13-14-12-5)1-8-6-9-2-10-15(4)6/h1-2,7H,(H,8,9,10)(H,11,12,13,14). The average Bonchev–Trinajstić information content (AvgIpc) is 2.87. The number of aromatic amines is 2. The molecule has 9 heteroatoms. The van der Waals surface area contributed by atoms with Crippen LogP contribution in [0.4, 0.5) is 0 Å². The van der Waals surface area contributed by atoms with Crippen molar-refractivity contribution in [2.75, 3.05) is 0 Å². The van der Waals surface area contributed by atoms with Gasteiger partial charge in [-0.1, -0.05) is 0 Å². The maximum Gasteiger partial charge on any atom is 0.231 e. The predicted molar refractivity (Wildman–Crippen MR) is 46.4 cm³/mol. The molecule has 15 heavy (non-hydrogen) atoms. The maximum absolute atomic E-state index is 7.86. The molecule has 3 aromatic rings. The molecule has 0 atom stereocenters. The summed E-state index contributed by atoms with van der Waals surface area (Å²) in [6.07, 6.45) is 2.97. The van der Waals surface area contributed by atoms with Gasteiger partial charge in [0.15, 0.2) is 11.3 Å². The van der Waals surface area contributed by atoms with E-state index in [1.54, 1.807) is 0 Å². The molecule has 0 saturated carbocycles. The molecule has 3 aromatic heterocycles. The molecule has 0 amide bonds. The molecule has 0 bridgehead atoms. The van der Waals surface area contributed by atoms with E-state index in [0.29, 0.717) is 17.2 Å². The number of rotatable bonds is 1. The highest BCUT2D eigenvalue weighted by molar-refractivity contribution is 5.51. The summed E-state index contributed by atoms with van der Waals surface area (Å²) in [6.45, 7) is 0. The van der Waals surface area contributed by atoms with E-state index in [1.807, 2.05) is 0 Å². The van der Waals surface area contributed by atoms with Crippen molar-refractivity contribution in [2.24, 2.45) is 0 Å². The van der Waals surface area contributed by atoms with Gasteiger partial charge in [0.05, 0.1) is 5.56 Å². The molecule has 0 fully saturated rings. The first-order chi connectivity index (χ1) is 7.36. The molecule has 0 aliphatic carbocycles. The van der Waals surface area contributed by atoms with Crippen LogP contribution in [0.25, 0.3) is 17.2 Å².